The molecule has 1 aliphatic rings. The zero-order valence-corrected chi connectivity index (χ0v) is 10.7. The lowest BCUT2D eigenvalue weighted by atomic mass is 9.77. The van der Waals surface area contributed by atoms with Gasteiger partial charge in [0.25, 0.3) is 5.91 Å². The van der Waals surface area contributed by atoms with Crippen LogP contribution in [0.2, 0.25) is 0 Å². The first-order valence-electron chi connectivity index (χ1n) is 5.86. The molecule has 5 nitrogen and oxygen atoms in total. The summed E-state index contributed by atoms with van der Waals surface area (Å²) in [6.07, 6.45) is 5.31. The molecular weight excluding hydrogens is 238 g/mol. The van der Waals surface area contributed by atoms with Gasteiger partial charge < -0.3 is 10.4 Å². The lowest BCUT2D eigenvalue weighted by molar-refractivity contribution is 0.0693. The molecule has 0 bridgehead atoms. The van der Waals surface area contributed by atoms with Crippen molar-refractivity contribution < 1.29 is 9.90 Å². The summed E-state index contributed by atoms with van der Waals surface area (Å²) in [5, 5.41) is 12.5. The molecule has 1 aromatic rings. The largest absolute Gasteiger partial charge is 0.394 e. The maximum absolute atomic E-state index is 11.9. The highest BCUT2D eigenvalue weighted by molar-refractivity contribution is 6.99. The zero-order valence-electron chi connectivity index (χ0n) is 9.85. The number of aliphatic hydroxyl groups is 1. The quantitative estimate of drug-likeness (QED) is 0.851. The number of aliphatic hydroxyl groups excluding tert-OH is 1. The average molecular weight is 255 g/mol. The number of nitrogens with one attached hydrogen (secondary N) is 1. The van der Waals surface area contributed by atoms with E-state index < -0.39 is 5.54 Å². The predicted octanol–water partition coefficient (Wildman–Crippen LogP) is 1.21. The molecule has 2 unspecified atom stereocenters. The summed E-state index contributed by atoms with van der Waals surface area (Å²) in [7, 11) is 0. The molecular formula is C11H17N3O2S. The van der Waals surface area contributed by atoms with Crippen LogP contribution in [0.15, 0.2) is 6.20 Å². The first kappa shape index (κ1) is 12.4. The van der Waals surface area contributed by atoms with Gasteiger partial charge in [0.1, 0.15) is 0 Å². The summed E-state index contributed by atoms with van der Waals surface area (Å²) in [4.78, 5) is 11.9. The zero-order chi connectivity index (χ0) is 12.3. The van der Waals surface area contributed by atoms with Crippen molar-refractivity contribution >= 4 is 17.6 Å². The van der Waals surface area contributed by atoms with Crippen LogP contribution in [0.1, 0.15) is 43.1 Å². The fraction of sp³-hybridized carbons (Fsp3) is 0.727. The standard InChI is InChI=1S/C11H17N3O2S/c1-8-3-2-4-11(5-8,7-15)13-10(16)9-6-12-17-14-9/h6,8,15H,2-5,7H2,1H3,(H,13,16). The Morgan fingerprint density at radius 2 is 2.59 bits per heavy atom. The van der Waals surface area contributed by atoms with Gasteiger partial charge in [-0.15, -0.1) is 0 Å². The van der Waals surface area contributed by atoms with E-state index in [9.17, 15) is 9.90 Å². The summed E-state index contributed by atoms with van der Waals surface area (Å²) >= 11 is 1.01. The van der Waals surface area contributed by atoms with Crippen LogP contribution in [0, 0.1) is 5.92 Å². The van der Waals surface area contributed by atoms with Gasteiger partial charge in [-0.25, -0.2) is 0 Å². The summed E-state index contributed by atoms with van der Waals surface area (Å²) in [6, 6.07) is 0. The van der Waals surface area contributed by atoms with Crippen LogP contribution in [-0.2, 0) is 0 Å². The van der Waals surface area contributed by atoms with Crippen LogP contribution in [0.4, 0.5) is 0 Å². The Labute approximate surface area is 105 Å². The topological polar surface area (TPSA) is 75.1 Å². The molecule has 1 fully saturated rings. The van der Waals surface area contributed by atoms with E-state index in [0.717, 1.165) is 37.4 Å². The van der Waals surface area contributed by atoms with Crippen LogP contribution >= 0.6 is 11.7 Å². The Bertz CT molecular complexity index is 382. The number of aromatic nitrogens is 2. The number of hydrogen-bond donors (Lipinski definition) is 2. The highest BCUT2D eigenvalue weighted by Crippen LogP contribution is 2.32. The van der Waals surface area contributed by atoms with E-state index in [0.29, 0.717) is 11.6 Å². The third-order valence-electron chi connectivity index (χ3n) is 3.37. The van der Waals surface area contributed by atoms with Crippen molar-refractivity contribution in [2.24, 2.45) is 5.92 Å². The Morgan fingerprint density at radius 3 is 3.18 bits per heavy atom. The molecule has 0 saturated heterocycles. The number of nitrogens with zero attached hydrogens (tertiary/aromatic N) is 2. The second-order valence-corrected chi connectivity index (χ2v) is 5.44. The molecule has 6 heteroatoms. The minimum absolute atomic E-state index is 0.0132. The van der Waals surface area contributed by atoms with E-state index in [-0.39, 0.29) is 12.5 Å². The second-order valence-electron chi connectivity index (χ2n) is 4.89. The summed E-state index contributed by atoms with van der Waals surface area (Å²) in [6.45, 7) is 2.14. The lowest BCUT2D eigenvalue weighted by Gasteiger charge is -2.39. The second kappa shape index (κ2) is 5.10. The molecule has 94 valence electrons. The van der Waals surface area contributed by atoms with E-state index >= 15 is 0 Å². The van der Waals surface area contributed by atoms with Gasteiger partial charge >= 0.3 is 0 Å². The summed E-state index contributed by atoms with van der Waals surface area (Å²) in [5.74, 6) is 0.298. The third kappa shape index (κ3) is 2.81. The molecule has 2 atom stereocenters. The number of carbonyl (C=O) groups excluding carboxylic acids is 1. The Morgan fingerprint density at radius 1 is 1.76 bits per heavy atom. The Kier molecular flexibility index (Phi) is 3.73. The van der Waals surface area contributed by atoms with Gasteiger partial charge in [0.15, 0.2) is 5.69 Å². The number of rotatable bonds is 3. The Hall–Kier alpha value is -1.01. The molecule has 2 N–H and O–H groups in total. The molecule has 0 aromatic carbocycles. The molecule has 1 amide bonds. The fourth-order valence-corrected chi connectivity index (χ4v) is 2.94. The first-order valence-corrected chi connectivity index (χ1v) is 6.59. The van der Waals surface area contributed by atoms with E-state index in [2.05, 4.69) is 21.0 Å². The molecule has 0 radical (unpaired) electrons. The average Bonchev–Trinajstić information content (AvgIpc) is 2.82. The van der Waals surface area contributed by atoms with E-state index in [4.69, 9.17) is 0 Å². The highest BCUT2D eigenvalue weighted by Gasteiger charge is 2.36. The van der Waals surface area contributed by atoms with Crippen molar-refractivity contribution in [2.45, 2.75) is 38.1 Å². The van der Waals surface area contributed by atoms with Gasteiger partial charge in [0.2, 0.25) is 0 Å². The van der Waals surface area contributed by atoms with Gasteiger partial charge in [0.05, 0.1) is 30.1 Å². The molecule has 0 spiro atoms. The van der Waals surface area contributed by atoms with E-state index in [1.54, 1.807) is 0 Å². The smallest absolute Gasteiger partial charge is 0.273 e. The maximum atomic E-state index is 11.9. The Balaban J connectivity index is 2.06. The van der Waals surface area contributed by atoms with Crippen molar-refractivity contribution in [1.82, 2.24) is 14.1 Å². The number of amides is 1. The first-order chi connectivity index (χ1) is 8.15. The van der Waals surface area contributed by atoms with E-state index in [1.165, 1.54) is 6.20 Å². The van der Waals surface area contributed by atoms with Crippen molar-refractivity contribution in [1.29, 1.82) is 0 Å². The minimum Gasteiger partial charge on any atom is -0.394 e. The van der Waals surface area contributed by atoms with Gasteiger partial charge in [-0.1, -0.05) is 19.8 Å². The van der Waals surface area contributed by atoms with Crippen LogP contribution in [0.25, 0.3) is 0 Å². The lowest BCUT2D eigenvalue weighted by Crippen LogP contribution is -2.53. The van der Waals surface area contributed by atoms with Gasteiger partial charge in [-0.05, 0) is 18.8 Å². The number of carbonyl (C=O) groups is 1. The monoisotopic (exact) mass is 255 g/mol. The van der Waals surface area contributed by atoms with Gasteiger partial charge in [-0.2, -0.15) is 8.75 Å². The van der Waals surface area contributed by atoms with Crippen LogP contribution in [0.3, 0.4) is 0 Å². The van der Waals surface area contributed by atoms with Gasteiger partial charge in [0, 0.05) is 0 Å². The SMILES string of the molecule is CC1CCCC(CO)(NC(=O)c2cnsn2)C1. The third-order valence-corrected chi connectivity index (χ3v) is 3.84. The van der Waals surface area contributed by atoms with Crippen molar-refractivity contribution in [2.75, 3.05) is 6.61 Å². The van der Waals surface area contributed by atoms with Crippen LogP contribution in [-0.4, -0.2) is 31.9 Å². The van der Waals surface area contributed by atoms with Crippen LogP contribution < -0.4 is 5.32 Å². The molecule has 1 aromatic heterocycles. The van der Waals surface area contributed by atoms with E-state index in [1.807, 2.05) is 0 Å². The van der Waals surface area contributed by atoms with Gasteiger partial charge in [-0.3, -0.25) is 4.79 Å². The molecule has 1 heterocycles. The molecule has 17 heavy (non-hydrogen) atoms. The predicted molar refractivity (Wildman–Crippen MR) is 64.8 cm³/mol. The fourth-order valence-electron chi connectivity index (χ4n) is 2.53. The highest BCUT2D eigenvalue weighted by atomic mass is 32.1. The van der Waals surface area contributed by atoms with Crippen LogP contribution in [0.5, 0.6) is 0 Å². The molecule has 2 rings (SSSR count). The minimum atomic E-state index is -0.474. The molecule has 1 saturated carbocycles. The summed E-state index contributed by atoms with van der Waals surface area (Å²) < 4.78 is 7.71. The van der Waals surface area contributed by atoms with Crippen molar-refractivity contribution in [3.05, 3.63) is 11.9 Å². The molecule has 1 aliphatic carbocycles. The van der Waals surface area contributed by atoms with Crippen molar-refractivity contribution in [3.8, 4) is 0 Å². The van der Waals surface area contributed by atoms with Crippen molar-refractivity contribution in [3.63, 3.8) is 0 Å². The number of hydrogen-bond acceptors (Lipinski definition) is 5. The molecule has 0 aliphatic heterocycles. The maximum Gasteiger partial charge on any atom is 0.273 e. The summed E-state index contributed by atoms with van der Waals surface area (Å²) in [5.41, 5.74) is -0.140. The normalized spacial score (nSPS) is 28.9.